The van der Waals surface area contributed by atoms with Gasteiger partial charge in [0.15, 0.2) is 15.6 Å². The first-order chi connectivity index (χ1) is 10.2. The Morgan fingerprint density at radius 3 is 1.43 bits per heavy atom. The summed E-state index contributed by atoms with van der Waals surface area (Å²) >= 11 is 2.75. The Kier molecular flexibility index (Phi) is 4.17. The van der Waals surface area contributed by atoms with E-state index in [1.807, 2.05) is 60.7 Å². The second kappa shape index (κ2) is 6.08. The van der Waals surface area contributed by atoms with E-state index < -0.39 is 4.08 Å². The van der Waals surface area contributed by atoms with Crippen LogP contribution in [0.25, 0.3) is 0 Å². The van der Waals surface area contributed by atoms with Gasteiger partial charge in [-0.15, -0.1) is 0 Å². The summed E-state index contributed by atoms with van der Waals surface area (Å²) in [5.74, 6) is 0.0467. The van der Waals surface area contributed by atoms with Crippen LogP contribution in [0.1, 0.15) is 12.8 Å². The molecule has 3 rings (SSSR count). The number of thioether (sulfide) groups is 2. The fourth-order valence-corrected chi connectivity index (χ4v) is 5.13. The third kappa shape index (κ3) is 2.92. The summed E-state index contributed by atoms with van der Waals surface area (Å²) in [6, 6.07) is 19.3. The van der Waals surface area contributed by atoms with Gasteiger partial charge in [0.2, 0.25) is 0 Å². The molecular formula is C17H14O2S2. The predicted molar refractivity (Wildman–Crippen MR) is 86.6 cm³/mol. The summed E-state index contributed by atoms with van der Waals surface area (Å²) in [7, 11) is 0. The van der Waals surface area contributed by atoms with E-state index >= 15 is 0 Å². The van der Waals surface area contributed by atoms with Crippen LogP contribution in [-0.4, -0.2) is 15.6 Å². The molecule has 1 fully saturated rings. The lowest BCUT2D eigenvalue weighted by molar-refractivity contribution is -0.122. The molecular weight excluding hydrogens is 300 g/mol. The number of ketones is 2. The zero-order valence-electron chi connectivity index (χ0n) is 11.3. The molecule has 1 aliphatic rings. The van der Waals surface area contributed by atoms with Crippen molar-refractivity contribution in [2.24, 2.45) is 0 Å². The lowest BCUT2D eigenvalue weighted by Crippen LogP contribution is -2.33. The standard InChI is InChI=1S/C17H14O2S2/c18-15-11-12-16(19)17(15,20-13-7-3-1-4-8-13)21-14-9-5-2-6-10-14/h1-10H,11-12H2. The average Bonchev–Trinajstić information content (AvgIpc) is 2.78. The number of hydrogen-bond donors (Lipinski definition) is 0. The van der Waals surface area contributed by atoms with Crippen molar-refractivity contribution >= 4 is 35.1 Å². The first kappa shape index (κ1) is 14.4. The number of carbonyl (C=O) groups excluding carboxylic acids is 2. The van der Waals surface area contributed by atoms with Crippen molar-refractivity contribution in [3.8, 4) is 0 Å². The van der Waals surface area contributed by atoms with E-state index in [9.17, 15) is 9.59 Å². The van der Waals surface area contributed by atoms with E-state index in [1.54, 1.807) is 0 Å². The lowest BCUT2D eigenvalue weighted by Gasteiger charge is -2.24. The minimum Gasteiger partial charge on any atom is -0.297 e. The minimum absolute atomic E-state index is 0.0233. The first-order valence-corrected chi connectivity index (χ1v) is 8.39. The van der Waals surface area contributed by atoms with Gasteiger partial charge < -0.3 is 0 Å². The topological polar surface area (TPSA) is 34.1 Å². The molecule has 21 heavy (non-hydrogen) atoms. The maximum absolute atomic E-state index is 12.5. The zero-order chi connectivity index (χ0) is 14.7. The van der Waals surface area contributed by atoms with Gasteiger partial charge in [-0.2, -0.15) is 0 Å². The molecule has 106 valence electrons. The number of hydrogen-bond acceptors (Lipinski definition) is 4. The van der Waals surface area contributed by atoms with Crippen molar-refractivity contribution in [3.63, 3.8) is 0 Å². The molecule has 0 radical (unpaired) electrons. The summed E-state index contributed by atoms with van der Waals surface area (Å²) < 4.78 is -1.03. The molecule has 0 spiro atoms. The van der Waals surface area contributed by atoms with Gasteiger partial charge >= 0.3 is 0 Å². The zero-order valence-corrected chi connectivity index (χ0v) is 13.0. The normalized spacial score (nSPS) is 17.1. The van der Waals surface area contributed by atoms with E-state index in [0.717, 1.165) is 9.79 Å². The van der Waals surface area contributed by atoms with Crippen LogP contribution in [0.4, 0.5) is 0 Å². The van der Waals surface area contributed by atoms with E-state index in [4.69, 9.17) is 0 Å². The van der Waals surface area contributed by atoms with Crippen LogP contribution >= 0.6 is 23.5 Å². The number of benzene rings is 2. The van der Waals surface area contributed by atoms with Gasteiger partial charge in [-0.05, 0) is 24.3 Å². The fraction of sp³-hybridized carbons (Fsp3) is 0.176. The lowest BCUT2D eigenvalue weighted by atomic mass is 10.3. The molecule has 0 saturated heterocycles. The molecule has 0 bridgehead atoms. The second-order valence-corrected chi connectivity index (χ2v) is 7.63. The predicted octanol–water partition coefficient (Wildman–Crippen LogP) is 4.20. The van der Waals surface area contributed by atoms with Crippen LogP contribution in [0, 0.1) is 0 Å². The molecule has 0 N–H and O–H groups in total. The molecule has 0 aliphatic heterocycles. The molecule has 2 aromatic rings. The highest BCUT2D eigenvalue weighted by molar-refractivity contribution is 8.20. The SMILES string of the molecule is O=C1CCC(=O)C1(Sc1ccccc1)Sc1ccccc1. The molecule has 0 atom stereocenters. The van der Waals surface area contributed by atoms with Gasteiger partial charge in [0.1, 0.15) is 0 Å². The van der Waals surface area contributed by atoms with E-state index in [0.29, 0.717) is 12.8 Å². The van der Waals surface area contributed by atoms with Crippen LogP contribution in [0.5, 0.6) is 0 Å². The van der Waals surface area contributed by atoms with Gasteiger partial charge in [-0.1, -0.05) is 59.9 Å². The Bertz CT molecular complexity index is 594. The quantitative estimate of drug-likeness (QED) is 0.626. The van der Waals surface area contributed by atoms with Gasteiger partial charge in [-0.3, -0.25) is 9.59 Å². The van der Waals surface area contributed by atoms with Crippen molar-refractivity contribution in [2.75, 3.05) is 0 Å². The number of rotatable bonds is 4. The van der Waals surface area contributed by atoms with Crippen LogP contribution in [0.2, 0.25) is 0 Å². The molecule has 0 unspecified atom stereocenters. The Morgan fingerprint density at radius 1 is 0.667 bits per heavy atom. The van der Waals surface area contributed by atoms with Gasteiger partial charge in [0.05, 0.1) is 0 Å². The van der Waals surface area contributed by atoms with Crippen molar-refractivity contribution in [1.29, 1.82) is 0 Å². The Balaban J connectivity index is 1.96. The highest BCUT2D eigenvalue weighted by atomic mass is 32.2. The molecule has 0 aromatic heterocycles. The van der Waals surface area contributed by atoms with E-state index in [2.05, 4.69) is 0 Å². The molecule has 0 amide bonds. The Morgan fingerprint density at radius 2 is 1.05 bits per heavy atom. The highest BCUT2D eigenvalue weighted by Crippen LogP contribution is 2.51. The minimum atomic E-state index is -1.03. The largest absolute Gasteiger partial charge is 0.297 e. The molecule has 2 aromatic carbocycles. The Labute approximate surface area is 132 Å². The van der Waals surface area contributed by atoms with Crippen LogP contribution in [0.15, 0.2) is 70.5 Å². The van der Waals surface area contributed by atoms with E-state index in [-0.39, 0.29) is 11.6 Å². The molecule has 4 heteroatoms. The Hall–Kier alpha value is -1.52. The molecule has 1 aliphatic carbocycles. The van der Waals surface area contributed by atoms with Crippen molar-refractivity contribution in [3.05, 3.63) is 60.7 Å². The first-order valence-electron chi connectivity index (χ1n) is 6.75. The fourth-order valence-electron chi connectivity index (χ4n) is 2.27. The van der Waals surface area contributed by atoms with Crippen molar-refractivity contribution in [2.45, 2.75) is 26.7 Å². The third-order valence-corrected chi connectivity index (χ3v) is 6.32. The van der Waals surface area contributed by atoms with Crippen LogP contribution in [-0.2, 0) is 9.59 Å². The monoisotopic (exact) mass is 314 g/mol. The van der Waals surface area contributed by atoms with Crippen LogP contribution in [0.3, 0.4) is 0 Å². The maximum atomic E-state index is 12.5. The summed E-state index contributed by atoms with van der Waals surface area (Å²) in [6.07, 6.45) is 0.691. The van der Waals surface area contributed by atoms with Crippen molar-refractivity contribution < 1.29 is 9.59 Å². The molecule has 1 saturated carbocycles. The third-order valence-electron chi connectivity index (χ3n) is 3.32. The van der Waals surface area contributed by atoms with Crippen LogP contribution < -0.4 is 0 Å². The summed E-state index contributed by atoms with van der Waals surface area (Å²) in [4.78, 5) is 26.8. The van der Waals surface area contributed by atoms with E-state index in [1.165, 1.54) is 23.5 Å². The van der Waals surface area contributed by atoms with Gasteiger partial charge in [-0.25, -0.2) is 0 Å². The highest BCUT2D eigenvalue weighted by Gasteiger charge is 2.51. The maximum Gasteiger partial charge on any atom is 0.187 e. The molecule has 0 heterocycles. The summed E-state index contributed by atoms with van der Waals surface area (Å²) in [5.41, 5.74) is 0. The average molecular weight is 314 g/mol. The number of Topliss-reactive ketones (excluding diaryl/α,β-unsaturated/α-hetero) is 2. The van der Waals surface area contributed by atoms with Gasteiger partial charge in [0.25, 0.3) is 0 Å². The summed E-state index contributed by atoms with van der Waals surface area (Å²) in [5, 5.41) is 0. The molecule has 2 nitrogen and oxygen atoms in total. The number of carbonyl (C=O) groups is 2. The van der Waals surface area contributed by atoms with Gasteiger partial charge in [0, 0.05) is 22.6 Å². The smallest absolute Gasteiger partial charge is 0.187 e. The van der Waals surface area contributed by atoms with Crippen molar-refractivity contribution in [1.82, 2.24) is 0 Å². The summed E-state index contributed by atoms with van der Waals surface area (Å²) in [6.45, 7) is 0. The second-order valence-electron chi connectivity index (χ2n) is 4.79.